The number of amides is 1. The van der Waals surface area contributed by atoms with E-state index >= 15 is 0 Å². The number of nitrogens with one attached hydrogen (secondary N) is 1. The highest BCUT2D eigenvalue weighted by molar-refractivity contribution is 7.99. The van der Waals surface area contributed by atoms with Gasteiger partial charge in [-0.25, -0.2) is 14.5 Å². The van der Waals surface area contributed by atoms with E-state index in [4.69, 9.17) is 4.74 Å². The molecule has 3 aromatic rings. The van der Waals surface area contributed by atoms with Gasteiger partial charge in [-0.05, 0) is 43.0 Å². The first-order valence-electron chi connectivity index (χ1n) is 9.58. The highest BCUT2D eigenvalue weighted by Crippen LogP contribution is 2.24. The number of carbonyl (C=O) groups is 1. The molecule has 0 radical (unpaired) electrons. The molecule has 1 aromatic carbocycles. The number of rotatable bonds is 5. The predicted octanol–water partition coefficient (Wildman–Crippen LogP) is 2.44. The van der Waals surface area contributed by atoms with Gasteiger partial charge in [-0.3, -0.25) is 14.7 Å². The Bertz CT molecular complexity index is 1070. The minimum Gasteiger partial charge on any atom is -0.497 e. The van der Waals surface area contributed by atoms with Crippen molar-refractivity contribution in [2.24, 2.45) is 5.92 Å². The SMILES string of the molecule is COc1ccc(-c2nc(SCC(=O)N3CCC(C)CC3)n3[nH]c(=O)cc3n2)cc1. The third kappa shape index (κ3) is 4.29. The van der Waals surface area contributed by atoms with Crippen LogP contribution in [0.1, 0.15) is 19.8 Å². The van der Waals surface area contributed by atoms with Crippen molar-refractivity contribution < 1.29 is 9.53 Å². The van der Waals surface area contributed by atoms with Crippen LogP contribution in [0.5, 0.6) is 5.75 Å². The number of aromatic amines is 1. The summed E-state index contributed by atoms with van der Waals surface area (Å²) in [4.78, 5) is 35.4. The van der Waals surface area contributed by atoms with Crippen LogP contribution in [0, 0.1) is 5.92 Å². The number of hydrogen-bond acceptors (Lipinski definition) is 6. The maximum atomic E-state index is 12.6. The Kier molecular flexibility index (Phi) is 5.57. The van der Waals surface area contributed by atoms with Crippen LogP contribution in [0.2, 0.25) is 0 Å². The normalized spacial score (nSPS) is 15.0. The van der Waals surface area contributed by atoms with Gasteiger partial charge in [0.25, 0.3) is 5.56 Å². The van der Waals surface area contributed by atoms with E-state index in [1.165, 1.54) is 22.3 Å². The number of H-pyrrole nitrogens is 1. The summed E-state index contributed by atoms with van der Waals surface area (Å²) in [7, 11) is 1.61. The molecule has 0 saturated carbocycles. The number of aromatic nitrogens is 4. The second-order valence-corrected chi connectivity index (χ2v) is 8.17. The molecule has 0 aliphatic carbocycles. The number of methoxy groups -OCH3 is 1. The number of thioether (sulfide) groups is 1. The minimum absolute atomic E-state index is 0.0918. The van der Waals surface area contributed by atoms with Crippen LogP contribution in [0.3, 0.4) is 0 Å². The van der Waals surface area contributed by atoms with Gasteiger partial charge in [-0.1, -0.05) is 18.7 Å². The lowest BCUT2D eigenvalue weighted by atomic mass is 9.99. The Morgan fingerprint density at radius 1 is 1.24 bits per heavy atom. The molecule has 29 heavy (non-hydrogen) atoms. The molecular formula is C20H23N5O3S. The molecule has 1 saturated heterocycles. The van der Waals surface area contributed by atoms with Gasteiger partial charge in [0.15, 0.2) is 16.6 Å². The maximum Gasteiger partial charge on any atom is 0.266 e. The molecule has 0 atom stereocenters. The van der Waals surface area contributed by atoms with Crippen molar-refractivity contribution in [2.45, 2.75) is 24.9 Å². The highest BCUT2D eigenvalue weighted by atomic mass is 32.2. The van der Waals surface area contributed by atoms with E-state index in [2.05, 4.69) is 22.0 Å². The third-order valence-electron chi connectivity index (χ3n) is 5.13. The minimum atomic E-state index is -0.260. The molecule has 152 valence electrons. The quantitative estimate of drug-likeness (QED) is 0.646. The van der Waals surface area contributed by atoms with Gasteiger partial charge in [0.2, 0.25) is 5.91 Å². The zero-order chi connectivity index (χ0) is 20.4. The van der Waals surface area contributed by atoms with Gasteiger partial charge < -0.3 is 9.64 Å². The van der Waals surface area contributed by atoms with E-state index in [0.29, 0.717) is 22.5 Å². The summed E-state index contributed by atoms with van der Waals surface area (Å²) in [5.41, 5.74) is 1.02. The fourth-order valence-corrected chi connectivity index (χ4v) is 4.18. The Morgan fingerprint density at radius 2 is 1.97 bits per heavy atom. The lowest BCUT2D eigenvalue weighted by Gasteiger charge is -2.30. The van der Waals surface area contributed by atoms with Gasteiger partial charge in [0.1, 0.15) is 5.75 Å². The van der Waals surface area contributed by atoms with Crippen LogP contribution in [-0.4, -0.2) is 56.3 Å². The van der Waals surface area contributed by atoms with Gasteiger partial charge in [-0.2, -0.15) is 0 Å². The fourth-order valence-electron chi connectivity index (χ4n) is 3.33. The number of carbonyl (C=O) groups excluding carboxylic acids is 1. The summed E-state index contributed by atoms with van der Waals surface area (Å²) in [5, 5.41) is 3.23. The van der Waals surface area contributed by atoms with Gasteiger partial charge in [0.05, 0.1) is 12.9 Å². The highest BCUT2D eigenvalue weighted by Gasteiger charge is 2.21. The summed E-state index contributed by atoms with van der Waals surface area (Å²) in [5.74, 6) is 2.26. The van der Waals surface area contributed by atoms with E-state index in [1.807, 2.05) is 29.2 Å². The molecule has 1 N–H and O–H groups in total. The number of nitrogens with zero attached hydrogens (tertiary/aromatic N) is 4. The van der Waals surface area contributed by atoms with Crippen molar-refractivity contribution in [1.29, 1.82) is 0 Å². The summed E-state index contributed by atoms with van der Waals surface area (Å²) >= 11 is 1.31. The molecule has 9 heteroatoms. The zero-order valence-corrected chi connectivity index (χ0v) is 17.2. The molecule has 1 amide bonds. The third-order valence-corrected chi connectivity index (χ3v) is 6.06. The number of likely N-dealkylation sites (tertiary alicyclic amines) is 1. The van der Waals surface area contributed by atoms with Crippen molar-refractivity contribution in [2.75, 3.05) is 26.0 Å². The smallest absolute Gasteiger partial charge is 0.266 e. The van der Waals surface area contributed by atoms with Crippen LogP contribution in [0.25, 0.3) is 17.0 Å². The van der Waals surface area contributed by atoms with E-state index in [1.54, 1.807) is 7.11 Å². The van der Waals surface area contributed by atoms with E-state index < -0.39 is 0 Å². The number of fused-ring (bicyclic) bond motifs is 1. The number of hydrogen-bond donors (Lipinski definition) is 1. The van der Waals surface area contributed by atoms with Crippen LogP contribution < -0.4 is 10.3 Å². The predicted molar refractivity (Wildman–Crippen MR) is 111 cm³/mol. The molecule has 8 nitrogen and oxygen atoms in total. The summed E-state index contributed by atoms with van der Waals surface area (Å²) in [6, 6.07) is 8.82. The van der Waals surface area contributed by atoms with Gasteiger partial charge in [-0.15, -0.1) is 0 Å². The molecule has 1 aliphatic rings. The van der Waals surface area contributed by atoms with Crippen molar-refractivity contribution >= 4 is 23.3 Å². The van der Waals surface area contributed by atoms with Crippen molar-refractivity contribution in [3.05, 3.63) is 40.7 Å². The number of ether oxygens (including phenoxy) is 1. The van der Waals surface area contributed by atoms with E-state index in [9.17, 15) is 9.59 Å². The van der Waals surface area contributed by atoms with Crippen LogP contribution in [0.4, 0.5) is 0 Å². The average molecular weight is 414 g/mol. The van der Waals surface area contributed by atoms with Crippen LogP contribution in [0.15, 0.2) is 40.3 Å². The molecule has 0 spiro atoms. The molecule has 0 bridgehead atoms. The fraction of sp³-hybridized carbons (Fsp3) is 0.400. The standard InChI is InChI=1S/C20H23N5O3S/c1-13-7-9-24(10-8-13)18(27)12-29-20-22-19(14-3-5-15(28-2)6-4-14)21-16-11-17(26)23-25(16)20/h3-6,11,13H,7-10,12H2,1-2H3,(H,23,26). The first-order valence-corrected chi connectivity index (χ1v) is 10.6. The van der Waals surface area contributed by atoms with Crippen molar-refractivity contribution in [3.63, 3.8) is 0 Å². The second kappa shape index (κ2) is 8.28. The summed E-state index contributed by atoms with van der Waals surface area (Å²) in [6.07, 6.45) is 2.08. The first-order chi connectivity index (χ1) is 14.0. The Morgan fingerprint density at radius 3 is 2.66 bits per heavy atom. The summed E-state index contributed by atoms with van der Waals surface area (Å²) < 4.78 is 6.73. The molecular weight excluding hydrogens is 390 g/mol. The molecule has 1 aliphatic heterocycles. The largest absolute Gasteiger partial charge is 0.497 e. The van der Waals surface area contributed by atoms with E-state index in [0.717, 1.165) is 37.2 Å². The lowest BCUT2D eigenvalue weighted by molar-refractivity contribution is -0.129. The van der Waals surface area contributed by atoms with Crippen molar-refractivity contribution in [3.8, 4) is 17.1 Å². The number of benzene rings is 1. The molecule has 3 heterocycles. The second-order valence-electron chi connectivity index (χ2n) is 7.22. The molecule has 1 fully saturated rings. The monoisotopic (exact) mass is 413 g/mol. The summed E-state index contributed by atoms with van der Waals surface area (Å²) in [6.45, 7) is 3.83. The van der Waals surface area contributed by atoms with Crippen LogP contribution >= 0.6 is 11.8 Å². The molecule has 2 aromatic heterocycles. The van der Waals surface area contributed by atoms with Crippen LogP contribution in [-0.2, 0) is 4.79 Å². The molecule has 4 rings (SSSR count). The average Bonchev–Trinajstić information content (AvgIpc) is 3.12. The van der Waals surface area contributed by atoms with Gasteiger partial charge >= 0.3 is 0 Å². The van der Waals surface area contributed by atoms with Gasteiger partial charge in [0, 0.05) is 24.7 Å². The Labute approximate surface area is 172 Å². The first kappa shape index (κ1) is 19.5. The Hall–Kier alpha value is -2.81. The number of piperidine rings is 1. The maximum absolute atomic E-state index is 12.6. The van der Waals surface area contributed by atoms with Crippen molar-refractivity contribution in [1.82, 2.24) is 24.5 Å². The Balaban J connectivity index is 1.58. The zero-order valence-electron chi connectivity index (χ0n) is 16.4. The van der Waals surface area contributed by atoms with E-state index in [-0.39, 0.29) is 17.2 Å². The lowest BCUT2D eigenvalue weighted by Crippen LogP contribution is -2.38. The molecule has 0 unspecified atom stereocenters. The topological polar surface area (TPSA) is 92.6 Å².